The van der Waals surface area contributed by atoms with Crippen molar-refractivity contribution in [3.8, 4) is 0 Å². The molecule has 0 atom stereocenters. The van der Waals surface area contributed by atoms with Gasteiger partial charge >= 0.3 is 0 Å². The molecule has 0 bridgehead atoms. The highest BCUT2D eigenvalue weighted by atomic mass is 19.1. The Balaban J connectivity index is 2.25. The summed E-state index contributed by atoms with van der Waals surface area (Å²) >= 11 is 0. The Kier molecular flexibility index (Phi) is 4.52. The fourth-order valence-electron chi connectivity index (χ4n) is 2.11. The van der Waals surface area contributed by atoms with E-state index < -0.39 is 5.82 Å². The molecule has 5 heteroatoms. The Bertz CT molecular complexity index is 656. The maximum absolute atomic E-state index is 14.0. The van der Waals surface area contributed by atoms with Gasteiger partial charge in [0.15, 0.2) is 0 Å². The van der Waals surface area contributed by atoms with E-state index in [0.29, 0.717) is 29.9 Å². The second-order valence-corrected chi connectivity index (χ2v) is 4.71. The van der Waals surface area contributed by atoms with Crippen LogP contribution in [0.5, 0.6) is 0 Å². The zero-order valence-electron chi connectivity index (χ0n) is 11.7. The van der Waals surface area contributed by atoms with Crippen molar-refractivity contribution in [2.24, 2.45) is 5.73 Å². The van der Waals surface area contributed by atoms with Crippen LogP contribution in [0.3, 0.4) is 0 Å². The van der Waals surface area contributed by atoms with Gasteiger partial charge in [0.25, 0.3) is 0 Å². The highest BCUT2D eigenvalue weighted by Crippen LogP contribution is 2.20. The molecule has 2 aromatic rings. The molecule has 21 heavy (non-hydrogen) atoms. The van der Waals surface area contributed by atoms with Gasteiger partial charge in [-0.3, -0.25) is 5.41 Å². The van der Waals surface area contributed by atoms with Crippen LogP contribution < -0.4 is 10.6 Å². The standard InChI is InChI=1S/C16H17F2N3/c1-2-21(14-5-3-4-13(17)9-14)10-12-7-6-11(16(19)20)8-15(12)18/h3-9H,2,10H2,1H3,(H3,19,20). The van der Waals surface area contributed by atoms with E-state index in [1.165, 1.54) is 18.2 Å². The number of rotatable bonds is 5. The van der Waals surface area contributed by atoms with Gasteiger partial charge in [-0.15, -0.1) is 0 Å². The Labute approximate surface area is 122 Å². The van der Waals surface area contributed by atoms with Gasteiger partial charge in [-0.05, 0) is 31.2 Å². The zero-order chi connectivity index (χ0) is 15.4. The Morgan fingerprint density at radius 3 is 2.52 bits per heavy atom. The SMILES string of the molecule is CCN(Cc1ccc(C(=N)N)cc1F)c1cccc(F)c1. The molecule has 3 N–H and O–H groups in total. The third-order valence-electron chi connectivity index (χ3n) is 3.28. The van der Waals surface area contributed by atoms with Crippen LogP contribution in [0.1, 0.15) is 18.1 Å². The van der Waals surface area contributed by atoms with Gasteiger partial charge in [-0.25, -0.2) is 8.78 Å². The topological polar surface area (TPSA) is 53.1 Å². The number of amidine groups is 1. The molecule has 0 aliphatic heterocycles. The van der Waals surface area contributed by atoms with Crippen LogP contribution >= 0.6 is 0 Å². The summed E-state index contributed by atoms with van der Waals surface area (Å²) in [7, 11) is 0. The largest absolute Gasteiger partial charge is 0.384 e. The molecule has 0 spiro atoms. The van der Waals surface area contributed by atoms with Crippen LogP contribution in [-0.2, 0) is 6.54 Å². The second kappa shape index (κ2) is 6.35. The average Bonchev–Trinajstić information content (AvgIpc) is 2.45. The molecule has 2 rings (SSSR count). The number of hydrogen-bond donors (Lipinski definition) is 2. The van der Waals surface area contributed by atoms with Crippen molar-refractivity contribution >= 4 is 11.5 Å². The first-order valence-electron chi connectivity index (χ1n) is 6.64. The van der Waals surface area contributed by atoms with Gasteiger partial charge < -0.3 is 10.6 Å². The van der Waals surface area contributed by atoms with Crippen LogP contribution in [0.15, 0.2) is 42.5 Å². The van der Waals surface area contributed by atoms with Crippen molar-refractivity contribution in [1.82, 2.24) is 0 Å². The summed E-state index contributed by atoms with van der Waals surface area (Å²) in [6.45, 7) is 2.87. The van der Waals surface area contributed by atoms with Gasteiger partial charge in [0.05, 0.1) is 0 Å². The van der Waals surface area contributed by atoms with Crippen molar-refractivity contribution in [2.75, 3.05) is 11.4 Å². The molecule has 0 saturated heterocycles. The van der Waals surface area contributed by atoms with E-state index >= 15 is 0 Å². The number of nitrogens with two attached hydrogens (primary N) is 1. The molecule has 0 radical (unpaired) electrons. The van der Waals surface area contributed by atoms with E-state index in [1.807, 2.05) is 11.8 Å². The first-order valence-corrected chi connectivity index (χ1v) is 6.64. The van der Waals surface area contributed by atoms with Gasteiger partial charge in [0.2, 0.25) is 0 Å². The second-order valence-electron chi connectivity index (χ2n) is 4.71. The molecular formula is C16H17F2N3. The van der Waals surface area contributed by atoms with E-state index in [0.717, 1.165) is 0 Å². The molecule has 0 unspecified atom stereocenters. The van der Waals surface area contributed by atoms with Gasteiger partial charge in [-0.2, -0.15) is 0 Å². The predicted molar refractivity (Wildman–Crippen MR) is 80.5 cm³/mol. The van der Waals surface area contributed by atoms with Crippen LogP contribution in [0, 0.1) is 17.0 Å². The van der Waals surface area contributed by atoms with E-state index in [-0.39, 0.29) is 11.7 Å². The fourth-order valence-corrected chi connectivity index (χ4v) is 2.11. The lowest BCUT2D eigenvalue weighted by atomic mass is 10.1. The summed E-state index contributed by atoms with van der Waals surface area (Å²) in [5.41, 5.74) is 6.86. The summed E-state index contributed by atoms with van der Waals surface area (Å²) in [5, 5.41) is 7.30. The minimum Gasteiger partial charge on any atom is -0.384 e. The lowest BCUT2D eigenvalue weighted by Gasteiger charge is -2.23. The number of nitrogens with zero attached hydrogens (tertiary/aromatic N) is 1. The number of anilines is 1. The summed E-state index contributed by atoms with van der Waals surface area (Å²) in [6, 6.07) is 10.7. The quantitative estimate of drug-likeness (QED) is 0.655. The molecule has 110 valence electrons. The van der Waals surface area contributed by atoms with Crippen LogP contribution in [-0.4, -0.2) is 12.4 Å². The maximum Gasteiger partial charge on any atom is 0.128 e. The van der Waals surface area contributed by atoms with Crippen molar-refractivity contribution in [2.45, 2.75) is 13.5 Å². The molecule has 0 fully saturated rings. The van der Waals surface area contributed by atoms with Crippen molar-refractivity contribution < 1.29 is 8.78 Å². The molecule has 0 aromatic heterocycles. The third-order valence-corrected chi connectivity index (χ3v) is 3.28. The third kappa shape index (κ3) is 3.56. The number of nitrogen functional groups attached to an aromatic ring is 1. The molecule has 0 heterocycles. The Morgan fingerprint density at radius 2 is 1.95 bits per heavy atom. The summed E-state index contributed by atoms with van der Waals surface area (Å²) in [5.74, 6) is -0.908. The van der Waals surface area contributed by atoms with Crippen LogP contribution in [0.25, 0.3) is 0 Å². The first kappa shape index (κ1) is 15.0. The lowest BCUT2D eigenvalue weighted by molar-refractivity contribution is 0.604. The van der Waals surface area contributed by atoms with E-state index in [2.05, 4.69) is 0 Å². The Morgan fingerprint density at radius 1 is 1.19 bits per heavy atom. The molecule has 0 aliphatic carbocycles. The number of halogens is 2. The molecule has 0 aliphatic rings. The molecule has 2 aromatic carbocycles. The molecule has 3 nitrogen and oxygen atoms in total. The number of hydrogen-bond acceptors (Lipinski definition) is 2. The maximum atomic E-state index is 14.0. The lowest BCUT2D eigenvalue weighted by Crippen LogP contribution is -2.23. The number of nitrogens with one attached hydrogen (secondary N) is 1. The predicted octanol–water partition coefficient (Wildman–Crippen LogP) is 3.28. The fraction of sp³-hybridized carbons (Fsp3) is 0.188. The first-order chi connectivity index (χ1) is 10.0. The monoisotopic (exact) mass is 289 g/mol. The zero-order valence-corrected chi connectivity index (χ0v) is 11.7. The Hall–Kier alpha value is -2.43. The van der Waals surface area contributed by atoms with Crippen LogP contribution in [0.4, 0.5) is 14.5 Å². The van der Waals surface area contributed by atoms with Gasteiger partial charge in [0, 0.05) is 29.9 Å². The van der Waals surface area contributed by atoms with Crippen molar-refractivity contribution in [1.29, 1.82) is 5.41 Å². The van der Waals surface area contributed by atoms with E-state index in [9.17, 15) is 8.78 Å². The highest BCUT2D eigenvalue weighted by molar-refractivity contribution is 5.94. The van der Waals surface area contributed by atoms with Crippen molar-refractivity contribution in [3.63, 3.8) is 0 Å². The average molecular weight is 289 g/mol. The van der Waals surface area contributed by atoms with Gasteiger partial charge in [0.1, 0.15) is 17.5 Å². The van der Waals surface area contributed by atoms with E-state index in [4.69, 9.17) is 11.1 Å². The van der Waals surface area contributed by atoms with Crippen molar-refractivity contribution in [3.05, 3.63) is 65.2 Å². The minimum absolute atomic E-state index is 0.169. The smallest absolute Gasteiger partial charge is 0.128 e. The molecular weight excluding hydrogens is 272 g/mol. The summed E-state index contributed by atoms with van der Waals surface area (Å²) in [4.78, 5) is 1.87. The van der Waals surface area contributed by atoms with E-state index in [1.54, 1.807) is 24.3 Å². The highest BCUT2D eigenvalue weighted by Gasteiger charge is 2.11. The molecule has 0 amide bonds. The van der Waals surface area contributed by atoms with Gasteiger partial charge in [-0.1, -0.05) is 18.2 Å². The molecule has 0 saturated carbocycles. The normalized spacial score (nSPS) is 10.4. The van der Waals surface area contributed by atoms with Crippen LogP contribution in [0.2, 0.25) is 0 Å². The summed E-state index contributed by atoms with van der Waals surface area (Å²) in [6.07, 6.45) is 0. The number of benzene rings is 2. The minimum atomic E-state index is -0.419. The summed E-state index contributed by atoms with van der Waals surface area (Å²) < 4.78 is 27.3.